The molecule has 0 bridgehead atoms. The van der Waals surface area contributed by atoms with E-state index in [1.54, 1.807) is 0 Å². The Hall–Kier alpha value is -2.16. The van der Waals surface area contributed by atoms with Gasteiger partial charge in [0, 0.05) is 20.2 Å². The molecule has 21 heavy (non-hydrogen) atoms. The minimum absolute atomic E-state index is 0.0681. The van der Waals surface area contributed by atoms with Crippen LogP contribution >= 0.6 is 11.3 Å². The van der Waals surface area contributed by atoms with Crippen LogP contribution in [0.1, 0.15) is 5.56 Å². The van der Waals surface area contributed by atoms with E-state index in [1.807, 2.05) is 29.5 Å². The van der Waals surface area contributed by atoms with Crippen LogP contribution in [0.2, 0.25) is 0 Å². The average Bonchev–Trinajstić information content (AvgIpc) is 2.92. The molecule has 0 unspecified atom stereocenters. The van der Waals surface area contributed by atoms with E-state index in [-0.39, 0.29) is 6.61 Å². The lowest BCUT2D eigenvalue weighted by Crippen LogP contribution is -1.88. The number of fused-ring (bicyclic) bond motifs is 3. The molecule has 4 rings (SSSR count). The Labute approximate surface area is 127 Å². The van der Waals surface area contributed by atoms with E-state index >= 15 is 0 Å². The number of rotatable bonds is 2. The van der Waals surface area contributed by atoms with Gasteiger partial charge >= 0.3 is 0 Å². The zero-order chi connectivity index (χ0) is 14.2. The van der Waals surface area contributed by atoms with E-state index in [1.165, 1.54) is 20.2 Å². The summed E-state index contributed by atoms with van der Waals surface area (Å²) >= 11 is 1.83. The van der Waals surface area contributed by atoms with Gasteiger partial charge < -0.3 is 5.11 Å². The second kappa shape index (κ2) is 4.99. The lowest BCUT2D eigenvalue weighted by Gasteiger charge is -2.07. The summed E-state index contributed by atoms with van der Waals surface area (Å²) in [7, 11) is 0. The van der Waals surface area contributed by atoms with Crippen molar-refractivity contribution in [3.63, 3.8) is 0 Å². The largest absolute Gasteiger partial charge is 0.392 e. The maximum absolute atomic E-state index is 9.53. The highest BCUT2D eigenvalue weighted by atomic mass is 32.1. The Morgan fingerprint density at radius 3 is 2.43 bits per heavy atom. The molecule has 102 valence electrons. The summed E-state index contributed by atoms with van der Waals surface area (Å²) in [5, 5.41) is 12.1. The lowest BCUT2D eigenvalue weighted by molar-refractivity contribution is 0.282. The first-order valence-corrected chi connectivity index (χ1v) is 7.79. The van der Waals surface area contributed by atoms with Gasteiger partial charge in [0.25, 0.3) is 0 Å². The summed E-state index contributed by atoms with van der Waals surface area (Å²) in [4.78, 5) is 0. The van der Waals surface area contributed by atoms with Gasteiger partial charge in [-0.2, -0.15) is 0 Å². The second-order valence-electron chi connectivity index (χ2n) is 5.12. The third-order valence-corrected chi connectivity index (χ3v) is 5.03. The smallest absolute Gasteiger partial charge is 0.0687 e. The van der Waals surface area contributed by atoms with E-state index in [4.69, 9.17) is 0 Å². The summed E-state index contributed by atoms with van der Waals surface area (Å²) in [6.07, 6.45) is 0. The Morgan fingerprint density at radius 2 is 1.52 bits per heavy atom. The molecule has 4 aromatic rings. The molecule has 0 saturated heterocycles. The van der Waals surface area contributed by atoms with Crippen LogP contribution in [0.4, 0.5) is 0 Å². The lowest BCUT2D eigenvalue weighted by atomic mass is 9.98. The van der Waals surface area contributed by atoms with Gasteiger partial charge in [0.1, 0.15) is 0 Å². The first-order chi connectivity index (χ1) is 10.4. The van der Waals surface area contributed by atoms with Crippen molar-refractivity contribution in [2.45, 2.75) is 6.61 Å². The van der Waals surface area contributed by atoms with E-state index in [2.05, 4.69) is 48.5 Å². The summed E-state index contributed by atoms with van der Waals surface area (Å²) in [6, 6.07) is 23.1. The van der Waals surface area contributed by atoms with Gasteiger partial charge in [-0.25, -0.2) is 0 Å². The van der Waals surface area contributed by atoms with Crippen molar-refractivity contribution in [3.8, 4) is 11.1 Å². The molecule has 0 aliphatic carbocycles. The molecule has 0 radical (unpaired) electrons. The van der Waals surface area contributed by atoms with Crippen molar-refractivity contribution in [1.29, 1.82) is 0 Å². The SMILES string of the molecule is OCc1ccccc1-c1ccc2sc3ccccc3c2c1. The minimum Gasteiger partial charge on any atom is -0.392 e. The monoisotopic (exact) mass is 290 g/mol. The maximum Gasteiger partial charge on any atom is 0.0687 e. The van der Waals surface area contributed by atoms with Crippen molar-refractivity contribution in [2.24, 2.45) is 0 Å². The van der Waals surface area contributed by atoms with Crippen molar-refractivity contribution >= 4 is 31.5 Å². The molecular formula is C19H14OS. The molecule has 1 nitrogen and oxygen atoms in total. The molecule has 3 aromatic carbocycles. The van der Waals surface area contributed by atoms with Crippen LogP contribution in [0, 0.1) is 0 Å². The molecular weight excluding hydrogens is 276 g/mol. The van der Waals surface area contributed by atoms with Gasteiger partial charge in [-0.15, -0.1) is 11.3 Å². The quantitative estimate of drug-likeness (QED) is 0.537. The van der Waals surface area contributed by atoms with E-state index in [0.717, 1.165) is 16.7 Å². The third-order valence-electron chi connectivity index (χ3n) is 3.88. The van der Waals surface area contributed by atoms with Gasteiger partial charge in [0.2, 0.25) is 0 Å². The molecule has 0 aliphatic rings. The Kier molecular flexibility index (Phi) is 2.99. The van der Waals surface area contributed by atoms with Crippen molar-refractivity contribution < 1.29 is 5.11 Å². The second-order valence-corrected chi connectivity index (χ2v) is 6.21. The van der Waals surface area contributed by atoms with Gasteiger partial charge in [-0.05, 0) is 34.9 Å². The number of benzene rings is 3. The number of aliphatic hydroxyl groups excluding tert-OH is 1. The molecule has 1 heterocycles. The zero-order valence-electron chi connectivity index (χ0n) is 11.4. The van der Waals surface area contributed by atoms with Crippen LogP contribution in [0.3, 0.4) is 0 Å². The number of aliphatic hydroxyl groups is 1. The molecule has 1 aromatic heterocycles. The van der Waals surface area contributed by atoms with Crippen LogP contribution < -0.4 is 0 Å². The van der Waals surface area contributed by atoms with Gasteiger partial charge in [0.05, 0.1) is 6.61 Å². The maximum atomic E-state index is 9.53. The molecule has 0 atom stereocenters. The predicted molar refractivity (Wildman–Crippen MR) is 90.7 cm³/mol. The van der Waals surface area contributed by atoms with E-state index in [9.17, 15) is 5.11 Å². The van der Waals surface area contributed by atoms with Crippen LogP contribution in [0.5, 0.6) is 0 Å². The normalized spacial score (nSPS) is 11.3. The molecule has 1 N–H and O–H groups in total. The number of thiophene rings is 1. The van der Waals surface area contributed by atoms with Gasteiger partial charge in [0.15, 0.2) is 0 Å². The van der Waals surface area contributed by atoms with Crippen LogP contribution in [-0.4, -0.2) is 5.11 Å². The highest BCUT2D eigenvalue weighted by molar-refractivity contribution is 7.25. The fourth-order valence-corrected chi connectivity index (χ4v) is 3.92. The Bertz CT molecular complexity index is 937. The molecule has 0 spiro atoms. The molecule has 0 amide bonds. The standard InChI is InChI=1S/C19H14OS/c20-12-14-5-1-2-6-15(14)13-9-10-19-17(11-13)16-7-3-4-8-18(16)21-19/h1-11,20H,12H2. The minimum atomic E-state index is 0.0681. The van der Waals surface area contributed by atoms with Gasteiger partial charge in [-0.3, -0.25) is 0 Å². The summed E-state index contributed by atoms with van der Waals surface area (Å²) in [6.45, 7) is 0.0681. The van der Waals surface area contributed by atoms with E-state index in [0.29, 0.717) is 0 Å². The molecule has 2 heteroatoms. The highest BCUT2D eigenvalue weighted by Gasteiger charge is 2.08. The Balaban J connectivity index is 2.00. The fourth-order valence-electron chi connectivity index (χ4n) is 2.83. The molecule has 0 fully saturated rings. The highest BCUT2D eigenvalue weighted by Crippen LogP contribution is 2.36. The Morgan fingerprint density at radius 1 is 0.762 bits per heavy atom. The fraction of sp³-hybridized carbons (Fsp3) is 0.0526. The van der Waals surface area contributed by atoms with Crippen LogP contribution in [0.15, 0.2) is 66.7 Å². The average molecular weight is 290 g/mol. The van der Waals surface area contributed by atoms with Crippen molar-refractivity contribution in [2.75, 3.05) is 0 Å². The zero-order valence-corrected chi connectivity index (χ0v) is 12.2. The summed E-state index contributed by atoms with van der Waals surface area (Å²) < 4.78 is 2.63. The van der Waals surface area contributed by atoms with Crippen LogP contribution in [0.25, 0.3) is 31.3 Å². The first kappa shape index (κ1) is 12.6. The predicted octanol–water partition coefficient (Wildman–Crippen LogP) is 5.21. The van der Waals surface area contributed by atoms with E-state index < -0.39 is 0 Å². The molecule has 0 saturated carbocycles. The summed E-state index contributed by atoms with van der Waals surface area (Å²) in [5.41, 5.74) is 3.24. The molecule has 0 aliphatic heterocycles. The first-order valence-electron chi connectivity index (χ1n) is 6.97. The summed E-state index contributed by atoms with van der Waals surface area (Å²) in [5.74, 6) is 0. The van der Waals surface area contributed by atoms with Crippen LogP contribution in [-0.2, 0) is 6.61 Å². The van der Waals surface area contributed by atoms with Crippen molar-refractivity contribution in [1.82, 2.24) is 0 Å². The topological polar surface area (TPSA) is 20.2 Å². The van der Waals surface area contributed by atoms with Crippen molar-refractivity contribution in [3.05, 3.63) is 72.3 Å². The third kappa shape index (κ3) is 2.04. The number of hydrogen-bond donors (Lipinski definition) is 1. The number of hydrogen-bond acceptors (Lipinski definition) is 2. The van der Waals surface area contributed by atoms with Gasteiger partial charge in [-0.1, -0.05) is 48.5 Å².